The van der Waals surface area contributed by atoms with Gasteiger partial charge in [0.05, 0.1) is 0 Å². The summed E-state index contributed by atoms with van der Waals surface area (Å²) in [4.78, 5) is 0. The number of benzene rings is 1. The SMILES string of the molecule is C.CC.CC.CC(C)c1cccc(C(C)C)c1. The molecule has 0 saturated carbocycles. The quantitative estimate of drug-likeness (QED) is 0.543. The molecule has 0 N–H and O–H groups in total. The van der Waals surface area contributed by atoms with Crippen LogP contribution in [0.1, 0.15) is 85.8 Å². The Hall–Kier alpha value is -0.780. The molecule has 0 unspecified atom stereocenters. The third-order valence-electron chi connectivity index (χ3n) is 2.24. The van der Waals surface area contributed by atoms with E-state index in [2.05, 4.69) is 52.0 Å². The predicted octanol–water partition coefficient (Wildman–Crippen LogP) is 6.62. The van der Waals surface area contributed by atoms with Gasteiger partial charge < -0.3 is 0 Å². The third-order valence-corrected chi connectivity index (χ3v) is 2.24. The largest absolute Gasteiger partial charge is 0.0776 e. The van der Waals surface area contributed by atoms with Crippen LogP contribution in [0.15, 0.2) is 24.3 Å². The molecule has 1 aromatic rings. The summed E-state index contributed by atoms with van der Waals surface area (Å²) in [6.45, 7) is 16.9. The number of rotatable bonds is 2. The van der Waals surface area contributed by atoms with E-state index in [9.17, 15) is 0 Å². The molecule has 1 aromatic carbocycles. The molecule has 0 aliphatic carbocycles. The van der Waals surface area contributed by atoms with E-state index in [1.54, 1.807) is 0 Å². The Morgan fingerprint density at radius 2 is 1.00 bits per heavy atom. The first-order valence-electron chi connectivity index (χ1n) is 6.71. The van der Waals surface area contributed by atoms with Crippen molar-refractivity contribution in [3.05, 3.63) is 35.4 Å². The van der Waals surface area contributed by atoms with Gasteiger partial charge in [0.1, 0.15) is 0 Å². The van der Waals surface area contributed by atoms with Crippen LogP contribution >= 0.6 is 0 Å². The van der Waals surface area contributed by atoms with Gasteiger partial charge in [-0.15, -0.1) is 0 Å². The first kappa shape index (κ1) is 21.5. The maximum absolute atomic E-state index is 2.31. The van der Waals surface area contributed by atoms with E-state index in [4.69, 9.17) is 0 Å². The zero-order valence-corrected chi connectivity index (χ0v) is 12.5. The first-order chi connectivity index (χ1) is 7.61. The summed E-state index contributed by atoms with van der Waals surface area (Å²) < 4.78 is 0. The molecule has 0 heterocycles. The van der Waals surface area contributed by atoms with Gasteiger partial charge in [0, 0.05) is 0 Å². The Bertz CT molecular complexity index is 223. The molecular formula is C17H34. The first-order valence-corrected chi connectivity index (χ1v) is 6.71. The lowest BCUT2D eigenvalue weighted by molar-refractivity contribution is 0.834. The van der Waals surface area contributed by atoms with Crippen LogP contribution in [-0.4, -0.2) is 0 Å². The highest BCUT2D eigenvalue weighted by atomic mass is 14.1. The van der Waals surface area contributed by atoms with Crippen molar-refractivity contribution in [2.45, 2.75) is 74.7 Å². The zero-order chi connectivity index (χ0) is 13.1. The molecule has 0 bridgehead atoms. The van der Waals surface area contributed by atoms with Gasteiger partial charge in [-0.25, -0.2) is 0 Å². The maximum atomic E-state index is 2.31. The summed E-state index contributed by atoms with van der Waals surface area (Å²) in [6, 6.07) is 8.88. The van der Waals surface area contributed by atoms with Crippen molar-refractivity contribution in [2.75, 3.05) is 0 Å². The minimum Gasteiger partial charge on any atom is -0.0776 e. The lowest BCUT2D eigenvalue weighted by atomic mass is 9.96. The van der Waals surface area contributed by atoms with Gasteiger partial charge in [0.25, 0.3) is 0 Å². The zero-order valence-electron chi connectivity index (χ0n) is 12.5. The summed E-state index contributed by atoms with van der Waals surface area (Å²) in [5.74, 6) is 1.28. The highest BCUT2D eigenvalue weighted by molar-refractivity contribution is 5.27. The second-order valence-corrected chi connectivity index (χ2v) is 3.98. The number of hydrogen-bond donors (Lipinski definition) is 0. The van der Waals surface area contributed by atoms with Crippen molar-refractivity contribution in [3.63, 3.8) is 0 Å². The summed E-state index contributed by atoms with van der Waals surface area (Å²) in [6.07, 6.45) is 0. The summed E-state index contributed by atoms with van der Waals surface area (Å²) >= 11 is 0. The van der Waals surface area contributed by atoms with Crippen LogP contribution in [0.5, 0.6) is 0 Å². The van der Waals surface area contributed by atoms with Crippen LogP contribution in [0.4, 0.5) is 0 Å². The molecule has 17 heavy (non-hydrogen) atoms. The van der Waals surface area contributed by atoms with Crippen LogP contribution in [0, 0.1) is 0 Å². The van der Waals surface area contributed by atoms with E-state index in [0.717, 1.165) is 0 Å². The van der Waals surface area contributed by atoms with Gasteiger partial charge in [-0.1, -0.05) is 87.1 Å². The van der Waals surface area contributed by atoms with Gasteiger partial charge in [-0.3, -0.25) is 0 Å². The molecule has 0 nitrogen and oxygen atoms in total. The molecule has 0 aromatic heterocycles. The molecule has 0 aliphatic rings. The second-order valence-electron chi connectivity index (χ2n) is 3.98. The lowest BCUT2D eigenvalue weighted by Crippen LogP contribution is -1.91. The van der Waals surface area contributed by atoms with E-state index in [1.165, 1.54) is 11.1 Å². The van der Waals surface area contributed by atoms with Gasteiger partial charge in [-0.2, -0.15) is 0 Å². The van der Waals surface area contributed by atoms with Crippen molar-refractivity contribution < 1.29 is 0 Å². The lowest BCUT2D eigenvalue weighted by Gasteiger charge is -2.09. The standard InChI is InChI=1S/C12H18.2C2H6.CH4/c1-9(2)11-6-5-7-12(8-11)10(3)4;2*1-2;/h5-10H,1-4H3;2*1-2H3;1H4. The van der Waals surface area contributed by atoms with Crippen molar-refractivity contribution in [1.82, 2.24) is 0 Å². The fraction of sp³-hybridized carbons (Fsp3) is 0.647. The second kappa shape index (κ2) is 13.3. The van der Waals surface area contributed by atoms with Gasteiger partial charge in [-0.05, 0) is 23.0 Å². The normalized spacial score (nSPS) is 8.59. The predicted molar refractivity (Wildman–Crippen MR) is 84.0 cm³/mol. The van der Waals surface area contributed by atoms with Crippen LogP contribution in [0.2, 0.25) is 0 Å². The third kappa shape index (κ3) is 8.97. The topological polar surface area (TPSA) is 0 Å². The van der Waals surface area contributed by atoms with Gasteiger partial charge in [0.2, 0.25) is 0 Å². The van der Waals surface area contributed by atoms with E-state index in [0.29, 0.717) is 11.8 Å². The van der Waals surface area contributed by atoms with E-state index in [-0.39, 0.29) is 7.43 Å². The van der Waals surface area contributed by atoms with Crippen molar-refractivity contribution >= 4 is 0 Å². The molecule has 0 atom stereocenters. The average Bonchev–Trinajstić information content (AvgIpc) is 2.34. The van der Waals surface area contributed by atoms with E-state index < -0.39 is 0 Å². The minimum atomic E-state index is 0. The Kier molecular flexibility index (Phi) is 16.8. The molecule has 0 aliphatic heterocycles. The minimum absolute atomic E-state index is 0. The molecule has 0 saturated heterocycles. The van der Waals surface area contributed by atoms with Crippen LogP contribution < -0.4 is 0 Å². The molecule has 0 fully saturated rings. The Labute approximate surface area is 110 Å². The van der Waals surface area contributed by atoms with Crippen LogP contribution in [0.3, 0.4) is 0 Å². The molecule has 102 valence electrons. The van der Waals surface area contributed by atoms with Gasteiger partial charge in [0.15, 0.2) is 0 Å². The molecule has 0 spiro atoms. The molecular weight excluding hydrogens is 204 g/mol. The average molecular weight is 238 g/mol. The Morgan fingerprint density at radius 3 is 1.24 bits per heavy atom. The summed E-state index contributed by atoms with van der Waals surface area (Å²) in [5, 5.41) is 0. The Morgan fingerprint density at radius 1 is 0.706 bits per heavy atom. The molecule has 0 heteroatoms. The smallest absolute Gasteiger partial charge is 0.0219 e. The summed E-state index contributed by atoms with van der Waals surface area (Å²) in [7, 11) is 0. The monoisotopic (exact) mass is 238 g/mol. The fourth-order valence-electron chi connectivity index (χ4n) is 1.28. The van der Waals surface area contributed by atoms with Crippen LogP contribution in [-0.2, 0) is 0 Å². The highest BCUT2D eigenvalue weighted by Crippen LogP contribution is 2.20. The maximum Gasteiger partial charge on any atom is -0.0219 e. The molecule has 1 rings (SSSR count). The van der Waals surface area contributed by atoms with Gasteiger partial charge >= 0.3 is 0 Å². The van der Waals surface area contributed by atoms with Crippen molar-refractivity contribution in [2.24, 2.45) is 0 Å². The molecule has 0 radical (unpaired) electrons. The van der Waals surface area contributed by atoms with Crippen molar-refractivity contribution in [3.8, 4) is 0 Å². The Balaban J connectivity index is -0.000000355. The van der Waals surface area contributed by atoms with Crippen LogP contribution in [0.25, 0.3) is 0 Å². The van der Waals surface area contributed by atoms with Crippen molar-refractivity contribution in [1.29, 1.82) is 0 Å². The fourth-order valence-corrected chi connectivity index (χ4v) is 1.28. The van der Waals surface area contributed by atoms with E-state index >= 15 is 0 Å². The molecule has 0 amide bonds. The highest BCUT2D eigenvalue weighted by Gasteiger charge is 2.02. The van der Waals surface area contributed by atoms with E-state index in [1.807, 2.05) is 27.7 Å². The number of hydrogen-bond acceptors (Lipinski definition) is 0. The summed E-state index contributed by atoms with van der Waals surface area (Å²) in [5.41, 5.74) is 2.89.